The van der Waals surface area contributed by atoms with E-state index in [9.17, 15) is 10.5 Å². The second-order valence-electron chi connectivity index (χ2n) is 12.0. The largest absolute Gasteiger partial charge is 0.309 e. The zero-order valence-electron chi connectivity index (χ0n) is 26.1. The maximum atomic E-state index is 10.4. The zero-order valence-corrected chi connectivity index (χ0v) is 27.1. The topological polar surface area (TPSA) is 52.5 Å². The molecule has 0 fully saturated rings. The van der Waals surface area contributed by atoms with Gasteiger partial charge in [-0.2, -0.15) is 10.5 Å². The summed E-state index contributed by atoms with van der Waals surface area (Å²) in [5, 5.41) is 27.1. The molecule has 0 atom stereocenters. The van der Waals surface area contributed by atoms with Gasteiger partial charge in [0, 0.05) is 16.5 Å². The summed E-state index contributed by atoms with van der Waals surface area (Å²) in [5.41, 5.74) is 6.53. The summed E-state index contributed by atoms with van der Waals surface area (Å²) in [6.07, 6.45) is 0. The smallest absolute Gasteiger partial charge is 0.179 e. The Balaban J connectivity index is 1.32. The molecule has 0 aliphatic heterocycles. The molecule has 0 saturated carbocycles. The number of para-hydroxylation sites is 1. The monoisotopic (exact) mass is 627 g/mol. The SMILES string of the molecule is N#Cc1cc(-c2ccc(-n3c4ccccc4c4cc(C#N)ccc43)cc2)cc([Si](c2ccccc2)(c2ccccc2)c2ccccc2)c1. The molecule has 48 heavy (non-hydrogen) atoms. The Morgan fingerprint density at radius 1 is 0.396 bits per heavy atom. The van der Waals surface area contributed by atoms with E-state index in [2.05, 4.69) is 162 Å². The summed E-state index contributed by atoms with van der Waals surface area (Å²) in [7, 11) is -2.81. The minimum Gasteiger partial charge on any atom is -0.309 e. The van der Waals surface area contributed by atoms with Crippen LogP contribution >= 0.6 is 0 Å². The summed E-state index contributed by atoms with van der Waals surface area (Å²) in [5.74, 6) is 0. The zero-order chi connectivity index (χ0) is 32.5. The molecule has 0 radical (unpaired) electrons. The Kier molecular flexibility index (Phi) is 7.27. The predicted octanol–water partition coefficient (Wildman–Crippen LogP) is 7.57. The lowest BCUT2D eigenvalue weighted by atomic mass is 10.0. The molecule has 0 aliphatic carbocycles. The van der Waals surface area contributed by atoms with E-state index in [1.165, 1.54) is 20.7 Å². The van der Waals surface area contributed by atoms with Gasteiger partial charge in [0.2, 0.25) is 0 Å². The number of nitrogens with zero attached hydrogens (tertiary/aromatic N) is 3. The molecule has 8 rings (SSSR count). The first-order chi connectivity index (χ1) is 23.7. The van der Waals surface area contributed by atoms with Crippen molar-refractivity contribution < 1.29 is 0 Å². The molecule has 0 bridgehead atoms. The van der Waals surface area contributed by atoms with Crippen molar-refractivity contribution in [3.05, 3.63) is 187 Å². The molecule has 4 heteroatoms. The van der Waals surface area contributed by atoms with E-state index in [1.54, 1.807) is 0 Å². The van der Waals surface area contributed by atoms with Crippen molar-refractivity contribution in [1.29, 1.82) is 10.5 Å². The molecule has 0 unspecified atom stereocenters. The molecule has 0 aliphatic rings. The van der Waals surface area contributed by atoms with Crippen LogP contribution in [0.1, 0.15) is 11.1 Å². The fourth-order valence-electron chi connectivity index (χ4n) is 7.26. The van der Waals surface area contributed by atoms with Gasteiger partial charge >= 0.3 is 0 Å². The van der Waals surface area contributed by atoms with Crippen molar-refractivity contribution in [3.8, 4) is 29.0 Å². The van der Waals surface area contributed by atoms with Crippen molar-refractivity contribution in [3.63, 3.8) is 0 Å². The van der Waals surface area contributed by atoms with E-state index < -0.39 is 8.07 Å². The van der Waals surface area contributed by atoms with Crippen molar-refractivity contribution in [2.75, 3.05) is 0 Å². The fourth-order valence-corrected chi connectivity index (χ4v) is 12.1. The number of hydrogen-bond acceptors (Lipinski definition) is 2. The van der Waals surface area contributed by atoms with Crippen LogP contribution in [0.25, 0.3) is 38.6 Å². The van der Waals surface area contributed by atoms with Crippen LogP contribution in [-0.2, 0) is 0 Å². The van der Waals surface area contributed by atoms with E-state index >= 15 is 0 Å². The standard InChI is InChI=1S/C44H29N3Si/c45-30-32-20-25-44-42(28-32)41-18-10-11-19-43(41)47(44)36-23-21-34(22-24-36)35-26-33(31-46)27-40(29-35)48(37-12-4-1-5-13-37,38-14-6-2-7-15-38)39-16-8-3-9-17-39/h1-29H. The quantitative estimate of drug-likeness (QED) is 0.141. The molecule has 1 heterocycles. The first-order valence-electron chi connectivity index (χ1n) is 16.0. The van der Waals surface area contributed by atoms with Crippen molar-refractivity contribution in [2.24, 2.45) is 0 Å². The number of hydrogen-bond donors (Lipinski definition) is 0. The van der Waals surface area contributed by atoms with Gasteiger partial charge in [0.05, 0.1) is 34.3 Å². The molecule has 1 aromatic heterocycles. The van der Waals surface area contributed by atoms with Crippen LogP contribution in [-0.4, -0.2) is 12.6 Å². The Morgan fingerprint density at radius 2 is 0.938 bits per heavy atom. The molecule has 0 N–H and O–H groups in total. The van der Waals surface area contributed by atoms with Gasteiger partial charge in [-0.25, -0.2) is 0 Å². The van der Waals surface area contributed by atoms with Crippen molar-refractivity contribution >= 4 is 50.6 Å². The third kappa shape index (κ3) is 4.72. The van der Waals surface area contributed by atoms with E-state index in [4.69, 9.17) is 0 Å². The molecular formula is C44H29N3Si. The highest BCUT2D eigenvalue weighted by Gasteiger charge is 2.41. The van der Waals surface area contributed by atoms with Crippen LogP contribution in [0.2, 0.25) is 0 Å². The third-order valence-corrected chi connectivity index (χ3v) is 14.1. The van der Waals surface area contributed by atoms with Crippen LogP contribution < -0.4 is 20.7 Å². The summed E-state index contributed by atoms with van der Waals surface area (Å²) in [6.45, 7) is 0. The third-order valence-electron chi connectivity index (χ3n) is 9.38. The van der Waals surface area contributed by atoms with Gasteiger partial charge in [-0.05, 0) is 80.4 Å². The van der Waals surface area contributed by atoms with Gasteiger partial charge in [0.25, 0.3) is 0 Å². The van der Waals surface area contributed by atoms with Gasteiger partial charge in [-0.1, -0.05) is 127 Å². The second kappa shape index (κ2) is 12.0. The Hall–Kier alpha value is -6.46. The van der Waals surface area contributed by atoms with Crippen molar-refractivity contribution in [2.45, 2.75) is 0 Å². The average Bonchev–Trinajstić information content (AvgIpc) is 3.50. The maximum absolute atomic E-state index is 10.4. The summed E-state index contributed by atoms with van der Waals surface area (Å²) in [6, 6.07) is 66.3. The number of aromatic nitrogens is 1. The highest BCUT2D eigenvalue weighted by molar-refractivity contribution is 7.19. The molecule has 7 aromatic carbocycles. The Morgan fingerprint density at radius 3 is 1.52 bits per heavy atom. The Labute approximate surface area is 280 Å². The van der Waals surface area contributed by atoms with E-state index in [0.717, 1.165) is 38.6 Å². The summed E-state index contributed by atoms with van der Waals surface area (Å²) in [4.78, 5) is 0. The number of nitriles is 2. The van der Waals surface area contributed by atoms with Crippen LogP contribution in [0.4, 0.5) is 0 Å². The molecular weight excluding hydrogens is 599 g/mol. The average molecular weight is 628 g/mol. The van der Waals surface area contributed by atoms with Gasteiger partial charge in [0.1, 0.15) is 0 Å². The van der Waals surface area contributed by atoms with Crippen LogP contribution in [0.5, 0.6) is 0 Å². The highest BCUT2D eigenvalue weighted by Crippen LogP contribution is 2.33. The second-order valence-corrected chi connectivity index (χ2v) is 15.8. The van der Waals surface area contributed by atoms with Crippen LogP contribution in [0, 0.1) is 22.7 Å². The highest BCUT2D eigenvalue weighted by atomic mass is 28.3. The lowest BCUT2D eigenvalue weighted by Gasteiger charge is -2.34. The summed E-state index contributed by atoms with van der Waals surface area (Å²) < 4.78 is 2.25. The first-order valence-corrected chi connectivity index (χ1v) is 18.0. The van der Waals surface area contributed by atoms with E-state index in [0.29, 0.717) is 11.1 Å². The van der Waals surface area contributed by atoms with Gasteiger partial charge in [-0.15, -0.1) is 0 Å². The summed E-state index contributed by atoms with van der Waals surface area (Å²) >= 11 is 0. The van der Waals surface area contributed by atoms with E-state index in [1.807, 2.05) is 30.3 Å². The molecule has 224 valence electrons. The molecule has 0 saturated heterocycles. The van der Waals surface area contributed by atoms with Gasteiger partial charge in [-0.3, -0.25) is 0 Å². The van der Waals surface area contributed by atoms with Gasteiger partial charge < -0.3 is 4.57 Å². The lowest BCUT2D eigenvalue weighted by Crippen LogP contribution is -2.74. The molecule has 0 amide bonds. The van der Waals surface area contributed by atoms with Crippen molar-refractivity contribution in [1.82, 2.24) is 4.57 Å². The number of benzene rings is 7. The molecule has 3 nitrogen and oxygen atoms in total. The fraction of sp³-hybridized carbons (Fsp3) is 0. The molecule has 8 aromatic rings. The number of rotatable bonds is 6. The Bertz CT molecular complexity index is 2410. The lowest BCUT2D eigenvalue weighted by molar-refractivity contribution is 1.18. The number of fused-ring (bicyclic) bond motifs is 3. The minimum atomic E-state index is -2.81. The van der Waals surface area contributed by atoms with Gasteiger partial charge in [0.15, 0.2) is 8.07 Å². The van der Waals surface area contributed by atoms with E-state index in [-0.39, 0.29) is 0 Å². The maximum Gasteiger partial charge on any atom is 0.179 e. The minimum absolute atomic E-state index is 0.641. The van der Waals surface area contributed by atoms with Crippen LogP contribution in [0.3, 0.4) is 0 Å². The predicted molar refractivity (Wildman–Crippen MR) is 199 cm³/mol. The first kappa shape index (κ1) is 29.0. The van der Waals surface area contributed by atoms with Crippen LogP contribution in [0.15, 0.2) is 176 Å². The normalized spacial score (nSPS) is 11.3. The molecule has 0 spiro atoms.